The van der Waals surface area contributed by atoms with Crippen LogP contribution in [0.15, 0.2) is 48.5 Å². The third kappa shape index (κ3) is 5.29. The van der Waals surface area contributed by atoms with Crippen LogP contribution in [0.5, 0.6) is 0 Å². The van der Waals surface area contributed by atoms with Crippen molar-refractivity contribution in [2.75, 3.05) is 18.9 Å². The number of anilines is 2. The van der Waals surface area contributed by atoms with Crippen LogP contribution in [0.2, 0.25) is 0 Å². The molecule has 0 saturated heterocycles. The van der Waals surface area contributed by atoms with Crippen molar-refractivity contribution in [2.24, 2.45) is 5.41 Å². The number of para-hydroxylation sites is 1. The first-order chi connectivity index (χ1) is 15.0. The summed E-state index contributed by atoms with van der Waals surface area (Å²) in [6, 6.07) is 10.6. The fourth-order valence-corrected chi connectivity index (χ4v) is 3.13. The zero-order valence-corrected chi connectivity index (χ0v) is 17.0. The molecule has 2 aromatic carbocycles. The third-order valence-electron chi connectivity index (χ3n) is 5.15. The standard InChI is InChI=1S/C21H21F3N4O4/c1-28(19(31)32)12-20(10-11-20)18(30)27-26-17(29)15-4-2-3-5-16(15)25-14-8-6-13(7-9-14)21(22,23)24/h2-9,25H,10-12H2,1H3,(H,26,29)(H,27,30)(H,31,32). The first-order valence-electron chi connectivity index (χ1n) is 9.60. The molecular weight excluding hydrogens is 429 g/mol. The fourth-order valence-electron chi connectivity index (χ4n) is 3.13. The summed E-state index contributed by atoms with van der Waals surface area (Å²) < 4.78 is 38.2. The van der Waals surface area contributed by atoms with Crippen molar-refractivity contribution >= 4 is 29.3 Å². The predicted octanol–water partition coefficient (Wildman–Crippen LogP) is 3.60. The molecule has 0 radical (unpaired) electrons. The van der Waals surface area contributed by atoms with Gasteiger partial charge in [-0.15, -0.1) is 0 Å². The molecule has 4 N–H and O–H groups in total. The Morgan fingerprint density at radius 3 is 2.22 bits per heavy atom. The Labute approximate surface area is 181 Å². The van der Waals surface area contributed by atoms with Crippen LogP contribution in [0.4, 0.5) is 29.3 Å². The second-order valence-electron chi connectivity index (χ2n) is 7.57. The van der Waals surface area contributed by atoms with E-state index in [1.807, 2.05) is 0 Å². The van der Waals surface area contributed by atoms with Crippen LogP contribution in [0.25, 0.3) is 0 Å². The quantitative estimate of drug-likeness (QED) is 0.503. The lowest BCUT2D eigenvalue weighted by Crippen LogP contribution is -2.48. The first kappa shape index (κ1) is 22.9. The molecule has 0 heterocycles. The molecule has 0 aromatic heterocycles. The van der Waals surface area contributed by atoms with Gasteiger partial charge < -0.3 is 15.3 Å². The molecule has 2 aromatic rings. The Balaban J connectivity index is 1.64. The smallest absolute Gasteiger partial charge is 0.416 e. The number of carbonyl (C=O) groups excluding carboxylic acids is 2. The number of halogens is 3. The average molecular weight is 450 g/mol. The topological polar surface area (TPSA) is 111 Å². The van der Waals surface area contributed by atoms with E-state index in [0.717, 1.165) is 17.0 Å². The summed E-state index contributed by atoms with van der Waals surface area (Å²) in [7, 11) is 1.36. The highest BCUT2D eigenvalue weighted by atomic mass is 19.4. The van der Waals surface area contributed by atoms with Crippen molar-refractivity contribution in [3.05, 3.63) is 59.7 Å². The Kier molecular flexibility index (Phi) is 6.28. The molecule has 0 spiro atoms. The van der Waals surface area contributed by atoms with Crippen molar-refractivity contribution in [2.45, 2.75) is 19.0 Å². The molecule has 3 amide bonds. The van der Waals surface area contributed by atoms with Crippen molar-refractivity contribution in [1.29, 1.82) is 0 Å². The van der Waals surface area contributed by atoms with E-state index in [4.69, 9.17) is 5.11 Å². The maximum Gasteiger partial charge on any atom is 0.416 e. The molecule has 32 heavy (non-hydrogen) atoms. The van der Waals surface area contributed by atoms with Crippen LogP contribution in [0.3, 0.4) is 0 Å². The number of hydrazine groups is 1. The molecule has 0 unspecified atom stereocenters. The van der Waals surface area contributed by atoms with Gasteiger partial charge in [-0.3, -0.25) is 20.4 Å². The molecule has 1 fully saturated rings. The number of alkyl halides is 3. The summed E-state index contributed by atoms with van der Waals surface area (Å²) >= 11 is 0. The predicted molar refractivity (Wildman–Crippen MR) is 109 cm³/mol. The average Bonchev–Trinajstić information content (AvgIpc) is 3.52. The monoisotopic (exact) mass is 450 g/mol. The minimum absolute atomic E-state index is 0.0100. The maximum atomic E-state index is 12.7. The number of nitrogens with one attached hydrogen (secondary N) is 3. The summed E-state index contributed by atoms with van der Waals surface area (Å²) in [6.07, 6.45) is -4.61. The zero-order valence-electron chi connectivity index (χ0n) is 17.0. The number of rotatable bonds is 6. The summed E-state index contributed by atoms with van der Waals surface area (Å²) in [5, 5.41) is 11.9. The maximum absolute atomic E-state index is 12.7. The number of benzene rings is 2. The molecule has 0 aliphatic heterocycles. The van der Waals surface area contributed by atoms with Crippen molar-refractivity contribution in [1.82, 2.24) is 15.8 Å². The molecule has 0 atom stereocenters. The van der Waals surface area contributed by atoms with Gasteiger partial charge in [-0.05, 0) is 49.2 Å². The fraction of sp³-hybridized carbons (Fsp3) is 0.286. The Morgan fingerprint density at radius 2 is 1.66 bits per heavy atom. The van der Waals surface area contributed by atoms with E-state index in [-0.39, 0.29) is 12.1 Å². The lowest BCUT2D eigenvalue weighted by atomic mass is 10.1. The van der Waals surface area contributed by atoms with E-state index in [1.165, 1.54) is 25.2 Å². The Hall–Kier alpha value is -3.76. The van der Waals surface area contributed by atoms with Crippen LogP contribution in [-0.2, 0) is 11.0 Å². The molecule has 1 aliphatic rings. The molecule has 170 valence electrons. The van der Waals surface area contributed by atoms with Crippen LogP contribution in [-0.4, -0.2) is 41.5 Å². The van der Waals surface area contributed by atoms with E-state index in [2.05, 4.69) is 16.2 Å². The van der Waals surface area contributed by atoms with Gasteiger partial charge in [-0.1, -0.05) is 12.1 Å². The number of hydrogen-bond donors (Lipinski definition) is 4. The molecule has 1 saturated carbocycles. The largest absolute Gasteiger partial charge is 0.465 e. The number of hydrogen-bond acceptors (Lipinski definition) is 4. The minimum Gasteiger partial charge on any atom is -0.465 e. The van der Waals surface area contributed by atoms with Gasteiger partial charge in [0.25, 0.3) is 5.91 Å². The summed E-state index contributed by atoms with van der Waals surface area (Å²) in [5.41, 5.74) is 3.79. The van der Waals surface area contributed by atoms with Gasteiger partial charge in [0.15, 0.2) is 0 Å². The van der Waals surface area contributed by atoms with E-state index in [9.17, 15) is 27.6 Å². The highest BCUT2D eigenvalue weighted by Crippen LogP contribution is 2.46. The number of carbonyl (C=O) groups is 3. The molecule has 1 aliphatic carbocycles. The van der Waals surface area contributed by atoms with Gasteiger partial charge in [0.05, 0.1) is 22.2 Å². The third-order valence-corrected chi connectivity index (χ3v) is 5.15. The normalized spacial score (nSPS) is 14.2. The van der Waals surface area contributed by atoms with E-state index >= 15 is 0 Å². The Bertz CT molecular complexity index is 1020. The second-order valence-corrected chi connectivity index (χ2v) is 7.57. The number of amides is 3. The van der Waals surface area contributed by atoms with Gasteiger partial charge in [-0.25, -0.2) is 4.79 Å². The lowest BCUT2D eigenvalue weighted by Gasteiger charge is -2.21. The van der Waals surface area contributed by atoms with Crippen LogP contribution >= 0.6 is 0 Å². The highest BCUT2D eigenvalue weighted by Gasteiger charge is 2.51. The lowest BCUT2D eigenvalue weighted by molar-refractivity contribution is -0.137. The van der Waals surface area contributed by atoms with Crippen LogP contribution in [0, 0.1) is 5.41 Å². The summed E-state index contributed by atoms with van der Waals surface area (Å²) in [6.45, 7) is 0.0100. The van der Waals surface area contributed by atoms with Crippen molar-refractivity contribution in [3.8, 4) is 0 Å². The summed E-state index contributed by atoms with van der Waals surface area (Å²) in [4.78, 5) is 37.1. The minimum atomic E-state index is -4.45. The molecule has 3 rings (SSSR count). The van der Waals surface area contributed by atoms with Gasteiger partial charge in [0, 0.05) is 19.3 Å². The first-order valence-corrected chi connectivity index (χ1v) is 9.60. The van der Waals surface area contributed by atoms with E-state index < -0.39 is 35.1 Å². The van der Waals surface area contributed by atoms with Gasteiger partial charge in [0.1, 0.15) is 0 Å². The SMILES string of the molecule is CN(CC1(C(=O)NNC(=O)c2ccccc2Nc2ccc(C(F)(F)F)cc2)CC1)C(=O)O. The number of carboxylic acid groups (broad SMARTS) is 1. The molecule has 0 bridgehead atoms. The van der Waals surface area contributed by atoms with Gasteiger partial charge in [-0.2, -0.15) is 13.2 Å². The molecular formula is C21H21F3N4O4. The van der Waals surface area contributed by atoms with E-state index in [1.54, 1.807) is 18.2 Å². The summed E-state index contributed by atoms with van der Waals surface area (Å²) in [5.74, 6) is -1.14. The second kappa shape index (κ2) is 8.77. The zero-order chi connectivity index (χ0) is 23.5. The molecule has 8 nitrogen and oxygen atoms in total. The van der Waals surface area contributed by atoms with Gasteiger partial charge >= 0.3 is 12.3 Å². The van der Waals surface area contributed by atoms with E-state index in [0.29, 0.717) is 24.2 Å². The molecule has 11 heteroatoms. The van der Waals surface area contributed by atoms with Gasteiger partial charge in [0.2, 0.25) is 5.91 Å². The Morgan fingerprint density at radius 1 is 1.03 bits per heavy atom. The van der Waals surface area contributed by atoms with Crippen molar-refractivity contribution in [3.63, 3.8) is 0 Å². The van der Waals surface area contributed by atoms with Crippen LogP contribution < -0.4 is 16.2 Å². The highest BCUT2D eigenvalue weighted by molar-refractivity contribution is 6.01. The number of nitrogens with zero attached hydrogens (tertiary/aromatic N) is 1. The van der Waals surface area contributed by atoms with Crippen LogP contribution in [0.1, 0.15) is 28.8 Å². The van der Waals surface area contributed by atoms with Crippen molar-refractivity contribution < 1.29 is 32.7 Å².